The van der Waals surface area contributed by atoms with Crippen molar-refractivity contribution in [1.29, 1.82) is 0 Å². The Morgan fingerprint density at radius 2 is 1.20 bits per heavy atom. The number of aliphatic hydroxyl groups excluding tert-OH is 1. The number of Topliss-reactive ketones (excluding diaryl/α,β-unsaturated/α-hetero) is 2. The highest BCUT2D eigenvalue weighted by Gasteiger charge is 2.07. The lowest BCUT2D eigenvalue weighted by Gasteiger charge is -2.05. The number of rotatable bonds is 14. The van der Waals surface area contributed by atoms with Crippen LogP contribution in [0.2, 0.25) is 0 Å². The number of carbonyl (C=O) groups excluding carboxylic acids is 2. The van der Waals surface area contributed by atoms with Gasteiger partial charge >= 0.3 is 0 Å². The van der Waals surface area contributed by atoms with Crippen molar-refractivity contribution in [3.8, 4) is 0 Å². The van der Waals surface area contributed by atoms with E-state index >= 15 is 0 Å². The predicted octanol–water partition coefficient (Wildman–Crippen LogP) is 4.73. The molecule has 4 nitrogen and oxygen atoms in total. The van der Waals surface area contributed by atoms with Gasteiger partial charge in [-0.25, -0.2) is 0 Å². The Morgan fingerprint density at radius 3 is 1.64 bits per heavy atom. The van der Waals surface area contributed by atoms with Crippen molar-refractivity contribution >= 4 is 11.6 Å². The molecule has 1 aromatic carbocycles. The Kier molecular flexibility index (Phi) is 11.0. The highest BCUT2D eigenvalue weighted by Crippen LogP contribution is 2.15. The van der Waals surface area contributed by atoms with E-state index in [1.54, 1.807) is 31.2 Å². The minimum absolute atomic E-state index is 0.115. The Hall–Kier alpha value is -1.52. The minimum atomic E-state index is -1.49. The summed E-state index contributed by atoms with van der Waals surface area (Å²) in [5.74, 6) is 0.404. The SMILES string of the molecule is CC(=O)CCCCCCCCCCCC(=O)c1ccc(C(O)O)cc1. The average Bonchev–Trinajstić information content (AvgIpc) is 2.59. The first-order valence-corrected chi connectivity index (χ1v) is 9.49. The molecule has 0 aliphatic heterocycles. The summed E-state index contributed by atoms with van der Waals surface area (Å²) in [4.78, 5) is 22.9. The van der Waals surface area contributed by atoms with E-state index in [9.17, 15) is 9.59 Å². The molecule has 0 atom stereocenters. The van der Waals surface area contributed by atoms with Crippen LogP contribution in [0.15, 0.2) is 24.3 Å². The molecular formula is C21H32O4. The lowest BCUT2D eigenvalue weighted by molar-refractivity contribution is -0.117. The molecule has 1 aromatic rings. The maximum atomic E-state index is 12.1. The van der Waals surface area contributed by atoms with Gasteiger partial charge in [-0.15, -0.1) is 0 Å². The first-order chi connectivity index (χ1) is 12.0. The quantitative estimate of drug-likeness (QED) is 0.289. The Balaban J connectivity index is 2.00. The fraction of sp³-hybridized carbons (Fsp3) is 0.619. The van der Waals surface area contributed by atoms with Crippen molar-refractivity contribution < 1.29 is 19.8 Å². The standard InChI is InChI=1S/C21H32O4/c1-17(22)11-9-7-5-3-2-4-6-8-10-12-20(23)18-13-15-19(16-14-18)21(24)25/h13-16,21,24-25H,2-12H2,1H3. The Labute approximate surface area is 151 Å². The van der Waals surface area contributed by atoms with Crippen LogP contribution in [0.3, 0.4) is 0 Å². The monoisotopic (exact) mass is 348 g/mol. The molecule has 1 rings (SSSR count). The molecule has 0 saturated heterocycles. The zero-order valence-corrected chi connectivity index (χ0v) is 15.4. The van der Waals surface area contributed by atoms with Crippen molar-refractivity contribution in [3.05, 3.63) is 35.4 Å². The van der Waals surface area contributed by atoms with Crippen molar-refractivity contribution in [1.82, 2.24) is 0 Å². The average molecular weight is 348 g/mol. The predicted molar refractivity (Wildman–Crippen MR) is 99.4 cm³/mol. The van der Waals surface area contributed by atoms with Gasteiger partial charge in [-0.1, -0.05) is 69.2 Å². The van der Waals surface area contributed by atoms with Crippen LogP contribution in [-0.2, 0) is 4.79 Å². The van der Waals surface area contributed by atoms with E-state index in [1.807, 2.05) is 0 Å². The van der Waals surface area contributed by atoms with Crippen LogP contribution in [0.5, 0.6) is 0 Å². The molecule has 0 bridgehead atoms. The van der Waals surface area contributed by atoms with E-state index in [2.05, 4.69) is 0 Å². The van der Waals surface area contributed by atoms with Crippen LogP contribution >= 0.6 is 0 Å². The third-order valence-corrected chi connectivity index (χ3v) is 4.46. The zero-order valence-electron chi connectivity index (χ0n) is 15.4. The number of hydrogen-bond donors (Lipinski definition) is 2. The number of carbonyl (C=O) groups is 2. The van der Waals surface area contributed by atoms with E-state index in [0.29, 0.717) is 17.5 Å². The molecule has 2 N–H and O–H groups in total. The van der Waals surface area contributed by atoms with Gasteiger partial charge in [0.2, 0.25) is 0 Å². The highest BCUT2D eigenvalue weighted by molar-refractivity contribution is 5.96. The molecule has 25 heavy (non-hydrogen) atoms. The maximum Gasteiger partial charge on any atom is 0.178 e. The summed E-state index contributed by atoms with van der Waals surface area (Å²) in [6.07, 6.45) is 9.99. The second-order valence-electron chi connectivity index (χ2n) is 6.80. The van der Waals surface area contributed by atoms with Gasteiger partial charge in [-0.05, 0) is 19.8 Å². The third-order valence-electron chi connectivity index (χ3n) is 4.46. The molecule has 0 radical (unpaired) electrons. The molecular weight excluding hydrogens is 316 g/mol. The van der Waals surface area contributed by atoms with E-state index < -0.39 is 6.29 Å². The van der Waals surface area contributed by atoms with Crippen LogP contribution in [0.4, 0.5) is 0 Å². The second kappa shape index (κ2) is 12.8. The molecule has 0 heterocycles. The Morgan fingerprint density at radius 1 is 0.760 bits per heavy atom. The summed E-state index contributed by atoms with van der Waals surface area (Å²) in [5, 5.41) is 18.1. The maximum absolute atomic E-state index is 12.1. The van der Waals surface area contributed by atoms with Gasteiger partial charge in [0.05, 0.1) is 0 Å². The molecule has 0 aliphatic carbocycles. The topological polar surface area (TPSA) is 74.6 Å². The summed E-state index contributed by atoms with van der Waals surface area (Å²) in [5.41, 5.74) is 1.04. The molecule has 0 aromatic heterocycles. The van der Waals surface area contributed by atoms with Gasteiger partial charge in [0.1, 0.15) is 5.78 Å². The van der Waals surface area contributed by atoms with Crippen molar-refractivity contribution in [2.24, 2.45) is 0 Å². The lowest BCUT2D eigenvalue weighted by Crippen LogP contribution is -2.00. The molecule has 0 saturated carbocycles. The van der Waals surface area contributed by atoms with E-state index in [1.165, 1.54) is 25.7 Å². The summed E-state index contributed by atoms with van der Waals surface area (Å²) in [6.45, 7) is 1.65. The normalized spacial score (nSPS) is 11.0. The zero-order chi connectivity index (χ0) is 18.5. The minimum Gasteiger partial charge on any atom is -0.364 e. The molecule has 140 valence electrons. The van der Waals surface area contributed by atoms with Crippen LogP contribution in [0.1, 0.15) is 99.8 Å². The molecule has 0 fully saturated rings. The molecule has 0 unspecified atom stereocenters. The first-order valence-electron chi connectivity index (χ1n) is 9.49. The summed E-state index contributed by atoms with van der Waals surface area (Å²) >= 11 is 0. The largest absolute Gasteiger partial charge is 0.364 e. The number of aliphatic hydroxyl groups is 2. The van der Waals surface area contributed by atoms with Crippen molar-refractivity contribution in [2.75, 3.05) is 0 Å². The van der Waals surface area contributed by atoms with Gasteiger partial charge in [0.15, 0.2) is 12.1 Å². The lowest BCUT2D eigenvalue weighted by atomic mass is 10.0. The van der Waals surface area contributed by atoms with Crippen LogP contribution in [0.25, 0.3) is 0 Å². The van der Waals surface area contributed by atoms with E-state index in [-0.39, 0.29) is 11.6 Å². The van der Waals surface area contributed by atoms with Crippen LogP contribution < -0.4 is 0 Å². The molecule has 0 amide bonds. The number of ketones is 2. The summed E-state index contributed by atoms with van der Waals surface area (Å²) in [7, 11) is 0. The third kappa shape index (κ3) is 10.1. The van der Waals surface area contributed by atoms with E-state index in [4.69, 9.17) is 10.2 Å². The van der Waals surface area contributed by atoms with Gasteiger partial charge in [-0.2, -0.15) is 0 Å². The Bertz CT molecular complexity index is 505. The summed E-state index contributed by atoms with van der Waals surface area (Å²) in [6, 6.07) is 6.47. The van der Waals surface area contributed by atoms with Gasteiger partial charge < -0.3 is 15.0 Å². The van der Waals surface area contributed by atoms with Crippen LogP contribution in [-0.4, -0.2) is 21.8 Å². The fourth-order valence-electron chi connectivity index (χ4n) is 2.88. The fourth-order valence-corrected chi connectivity index (χ4v) is 2.88. The smallest absolute Gasteiger partial charge is 0.178 e. The van der Waals surface area contributed by atoms with Gasteiger partial charge in [0, 0.05) is 24.0 Å². The number of unbranched alkanes of at least 4 members (excludes halogenated alkanes) is 8. The molecule has 4 heteroatoms. The first kappa shape index (κ1) is 21.5. The van der Waals surface area contributed by atoms with E-state index in [0.717, 1.165) is 38.5 Å². The summed E-state index contributed by atoms with van der Waals surface area (Å²) < 4.78 is 0. The van der Waals surface area contributed by atoms with Gasteiger partial charge in [0.25, 0.3) is 0 Å². The van der Waals surface area contributed by atoms with Gasteiger partial charge in [-0.3, -0.25) is 4.79 Å². The molecule has 0 aliphatic rings. The highest BCUT2D eigenvalue weighted by atomic mass is 16.5. The molecule has 0 spiro atoms. The number of benzene rings is 1. The number of hydrogen-bond acceptors (Lipinski definition) is 4. The second-order valence-corrected chi connectivity index (χ2v) is 6.80. The van der Waals surface area contributed by atoms with Crippen molar-refractivity contribution in [2.45, 2.75) is 83.8 Å². The van der Waals surface area contributed by atoms with Crippen LogP contribution in [0, 0.1) is 0 Å². The van der Waals surface area contributed by atoms with Crippen molar-refractivity contribution in [3.63, 3.8) is 0 Å².